The van der Waals surface area contributed by atoms with Crippen LogP contribution in [0.1, 0.15) is 5.56 Å². The molecule has 2 aromatic carbocycles. The molecule has 0 aliphatic heterocycles. The predicted octanol–water partition coefficient (Wildman–Crippen LogP) is 5.91. The SMILES string of the molecule is O=C(Nc1ccc(Cl)c(C(F)(F)F)c1)Nc1ccc(Oc2ccnc3[nH]c(=O)[nH]c23)c2ncccc12. The van der Waals surface area contributed by atoms with Gasteiger partial charge in [0, 0.05) is 29.5 Å². The molecule has 4 N–H and O–H groups in total. The van der Waals surface area contributed by atoms with E-state index in [1.165, 1.54) is 18.5 Å². The molecule has 0 aliphatic rings. The average molecular weight is 515 g/mol. The Kier molecular flexibility index (Phi) is 5.72. The summed E-state index contributed by atoms with van der Waals surface area (Å²) in [6, 6.07) is 10.3. The van der Waals surface area contributed by atoms with E-state index >= 15 is 0 Å². The third-order valence-electron chi connectivity index (χ3n) is 5.11. The number of halogens is 4. The molecule has 0 atom stereocenters. The first-order valence-electron chi connectivity index (χ1n) is 10.3. The highest BCUT2D eigenvalue weighted by Gasteiger charge is 2.33. The number of benzene rings is 2. The van der Waals surface area contributed by atoms with Gasteiger partial charge in [-0.15, -0.1) is 0 Å². The summed E-state index contributed by atoms with van der Waals surface area (Å²) in [5.41, 5.74) is -0.173. The van der Waals surface area contributed by atoms with Gasteiger partial charge >= 0.3 is 17.9 Å². The summed E-state index contributed by atoms with van der Waals surface area (Å²) in [5.74, 6) is 0.658. The molecule has 2 amide bonds. The number of hydrogen-bond acceptors (Lipinski definition) is 5. The molecule has 0 spiro atoms. The zero-order chi connectivity index (χ0) is 25.4. The standard InChI is InChI=1S/C23H14ClF3N6O3/c24-14-4-3-11(10-13(14)23(25,26)27)30-21(34)31-15-5-6-16(18-12(15)2-1-8-28-18)36-17-7-9-29-20-19(17)32-22(35)33-20/h1-10H,(H2,30,31,34)(H2,29,32,33,35). The minimum absolute atomic E-state index is 0.0891. The van der Waals surface area contributed by atoms with Crippen molar-refractivity contribution >= 4 is 51.1 Å². The summed E-state index contributed by atoms with van der Waals surface area (Å²) in [7, 11) is 0. The van der Waals surface area contributed by atoms with Crippen molar-refractivity contribution in [3.05, 3.63) is 82.0 Å². The number of aromatic nitrogens is 4. The number of nitrogens with zero attached hydrogens (tertiary/aromatic N) is 2. The van der Waals surface area contributed by atoms with E-state index < -0.39 is 28.5 Å². The number of carbonyl (C=O) groups is 1. The number of pyridine rings is 2. The summed E-state index contributed by atoms with van der Waals surface area (Å²) in [5, 5.41) is 5.00. The molecule has 182 valence electrons. The van der Waals surface area contributed by atoms with E-state index in [2.05, 4.69) is 30.6 Å². The van der Waals surface area contributed by atoms with Crippen LogP contribution in [0.25, 0.3) is 22.1 Å². The molecule has 9 nitrogen and oxygen atoms in total. The van der Waals surface area contributed by atoms with Crippen LogP contribution in [0.3, 0.4) is 0 Å². The summed E-state index contributed by atoms with van der Waals surface area (Å²) in [6.45, 7) is 0. The average Bonchev–Trinajstić information content (AvgIpc) is 3.22. The molecule has 13 heteroatoms. The van der Waals surface area contributed by atoms with Gasteiger partial charge in [-0.05, 0) is 42.5 Å². The first-order valence-corrected chi connectivity index (χ1v) is 10.6. The smallest absolute Gasteiger partial charge is 0.417 e. The van der Waals surface area contributed by atoms with Crippen molar-refractivity contribution in [1.82, 2.24) is 19.9 Å². The Morgan fingerprint density at radius 2 is 1.81 bits per heavy atom. The number of nitrogens with one attached hydrogen (secondary N) is 4. The van der Waals surface area contributed by atoms with Gasteiger partial charge in [-0.25, -0.2) is 14.6 Å². The normalized spacial score (nSPS) is 11.6. The van der Waals surface area contributed by atoms with Crippen molar-refractivity contribution in [1.29, 1.82) is 0 Å². The summed E-state index contributed by atoms with van der Waals surface area (Å²) in [4.78, 5) is 37.8. The largest absolute Gasteiger partial charge is 0.453 e. The fourth-order valence-corrected chi connectivity index (χ4v) is 3.78. The number of fused-ring (bicyclic) bond motifs is 2. The van der Waals surface area contributed by atoms with Gasteiger partial charge in [0.2, 0.25) is 0 Å². The molecule has 0 saturated carbocycles. The van der Waals surface area contributed by atoms with Gasteiger partial charge in [0.25, 0.3) is 0 Å². The van der Waals surface area contributed by atoms with Gasteiger partial charge in [0.05, 0.1) is 16.3 Å². The van der Waals surface area contributed by atoms with Gasteiger partial charge in [-0.1, -0.05) is 11.6 Å². The lowest BCUT2D eigenvalue weighted by molar-refractivity contribution is -0.137. The molecule has 5 aromatic rings. The number of aromatic amines is 2. The van der Waals surface area contributed by atoms with Crippen LogP contribution in [0.2, 0.25) is 5.02 Å². The molecular weight excluding hydrogens is 501 g/mol. The maximum absolute atomic E-state index is 13.1. The molecule has 0 saturated heterocycles. The van der Waals surface area contributed by atoms with Crippen molar-refractivity contribution in [3.63, 3.8) is 0 Å². The third kappa shape index (κ3) is 4.53. The van der Waals surface area contributed by atoms with Gasteiger partial charge in [0.15, 0.2) is 17.1 Å². The van der Waals surface area contributed by atoms with E-state index in [-0.39, 0.29) is 5.69 Å². The number of carbonyl (C=O) groups excluding carboxylic acids is 1. The Bertz CT molecular complexity index is 1680. The quantitative estimate of drug-likeness (QED) is 0.237. The van der Waals surface area contributed by atoms with Crippen LogP contribution in [-0.2, 0) is 6.18 Å². The first kappa shape index (κ1) is 23.2. The van der Waals surface area contributed by atoms with E-state index in [1.807, 2.05) is 0 Å². The van der Waals surface area contributed by atoms with Crippen molar-refractivity contribution in [2.24, 2.45) is 0 Å². The molecule has 0 radical (unpaired) electrons. The highest BCUT2D eigenvalue weighted by atomic mass is 35.5. The number of alkyl halides is 3. The highest BCUT2D eigenvalue weighted by Crippen LogP contribution is 2.37. The summed E-state index contributed by atoms with van der Waals surface area (Å²) < 4.78 is 45.3. The predicted molar refractivity (Wildman–Crippen MR) is 128 cm³/mol. The van der Waals surface area contributed by atoms with Crippen molar-refractivity contribution in [2.75, 3.05) is 10.6 Å². The van der Waals surface area contributed by atoms with E-state index in [0.29, 0.717) is 39.3 Å². The molecule has 0 fully saturated rings. The van der Waals surface area contributed by atoms with Crippen LogP contribution in [-0.4, -0.2) is 26.0 Å². The number of amides is 2. The zero-order valence-electron chi connectivity index (χ0n) is 17.9. The van der Waals surface area contributed by atoms with Crippen molar-refractivity contribution in [3.8, 4) is 11.5 Å². The van der Waals surface area contributed by atoms with Gasteiger partial charge in [-0.3, -0.25) is 9.97 Å². The van der Waals surface area contributed by atoms with Crippen molar-refractivity contribution < 1.29 is 22.7 Å². The number of H-pyrrole nitrogens is 2. The molecule has 5 rings (SSSR count). The first-order chi connectivity index (χ1) is 17.2. The minimum atomic E-state index is -4.67. The van der Waals surface area contributed by atoms with Crippen LogP contribution in [0.15, 0.2) is 65.7 Å². The molecule has 3 heterocycles. The second-order valence-corrected chi connectivity index (χ2v) is 7.90. The Hall–Kier alpha value is -4.58. The Labute approximate surface area is 204 Å². The molecular formula is C23H14ClF3N6O3. The maximum atomic E-state index is 13.1. The minimum Gasteiger partial charge on any atom is -0.453 e. The molecule has 36 heavy (non-hydrogen) atoms. The van der Waals surface area contributed by atoms with E-state index in [1.54, 1.807) is 30.3 Å². The fourth-order valence-electron chi connectivity index (χ4n) is 3.56. The van der Waals surface area contributed by atoms with Gasteiger partial charge in [-0.2, -0.15) is 13.2 Å². The monoisotopic (exact) mass is 514 g/mol. The number of urea groups is 1. The van der Waals surface area contributed by atoms with Gasteiger partial charge in [0.1, 0.15) is 11.0 Å². The number of hydrogen-bond donors (Lipinski definition) is 4. The third-order valence-corrected chi connectivity index (χ3v) is 5.44. The second-order valence-electron chi connectivity index (χ2n) is 7.50. The molecule has 0 bridgehead atoms. The van der Waals surface area contributed by atoms with E-state index in [0.717, 1.165) is 12.1 Å². The van der Waals surface area contributed by atoms with Crippen LogP contribution >= 0.6 is 11.6 Å². The summed E-state index contributed by atoms with van der Waals surface area (Å²) in [6.07, 6.45) is -1.67. The van der Waals surface area contributed by atoms with Gasteiger partial charge < -0.3 is 20.4 Å². The lowest BCUT2D eigenvalue weighted by Crippen LogP contribution is -2.20. The number of imidazole rings is 1. The van der Waals surface area contributed by atoms with Crippen LogP contribution in [0.5, 0.6) is 11.5 Å². The zero-order valence-corrected chi connectivity index (χ0v) is 18.7. The second kappa shape index (κ2) is 8.89. The number of rotatable bonds is 4. The number of ether oxygens (including phenoxy) is 1. The summed E-state index contributed by atoms with van der Waals surface area (Å²) >= 11 is 5.63. The Balaban J connectivity index is 1.42. The molecule has 0 aliphatic carbocycles. The lowest BCUT2D eigenvalue weighted by Gasteiger charge is -2.14. The highest BCUT2D eigenvalue weighted by molar-refractivity contribution is 6.31. The lowest BCUT2D eigenvalue weighted by atomic mass is 10.1. The van der Waals surface area contributed by atoms with E-state index in [4.69, 9.17) is 16.3 Å². The molecule has 0 unspecified atom stereocenters. The van der Waals surface area contributed by atoms with Crippen LogP contribution in [0.4, 0.5) is 29.3 Å². The fraction of sp³-hybridized carbons (Fsp3) is 0.0435. The molecule has 3 aromatic heterocycles. The van der Waals surface area contributed by atoms with Crippen molar-refractivity contribution in [2.45, 2.75) is 6.18 Å². The Morgan fingerprint density at radius 3 is 2.61 bits per heavy atom. The van der Waals surface area contributed by atoms with Crippen LogP contribution < -0.4 is 21.1 Å². The topological polar surface area (TPSA) is 125 Å². The maximum Gasteiger partial charge on any atom is 0.417 e. The Morgan fingerprint density at radius 1 is 0.972 bits per heavy atom. The number of anilines is 2. The van der Waals surface area contributed by atoms with Crippen LogP contribution in [0, 0.1) is 0 Å². The van der Waals surface area contributed by atoms with E-state index in [9.17, 15) is 22.8 Å².